The highest BCUT2D eigenvalue weighted by Gasteiger charge is 2.21. The van der Waals surface area contributed by atoms with Gasteiger partial charge in [-0.15, -0.1) is 0 Å². The fourth-order valence-corrected chi connectivity index (χ4v) is 2.77. The largest absolute Gasteiger partial charge is 0.494 e. The molecule has 1 aromatic rings. The number of carbonyl (C=O) groups is 1. The van der Waals surface area contributed by atoms with E-state index < -0.39 is 0 Å². The molecule has 2 aliphatic heterocycles. The van der Waals surface area contributed by atoms with Gasteiger partial charge in [0.05, 0.1) is 31.6 Å². The second kappa shape index (κ2) is 6.93. The summed E-state index contributed by atoms with van der Waals surface area (Å²) in [5.41, 5.74) is 1.31. The Kier molecular flexibility index (Phi) is 4.74. The van der Waals surface area contributed by atoms with E-state index in [1.54, 1.807) is 19.4 Å². The summed E-state index contributed by atoms with van der Waals surface area (Å²) in [6.07, 6.45) is 2.58. The number of piperazine rings is 1. The number of rotatable bonds is 4. The monoisotopic (exact) mass is 306 g/mol. The van der Waals surface area contributed by atoms with Gasteiger partial charge in [0.15, 0.2) is 0 Å². The Labute approximate surface area is 130 Å². The number of anilines is 1. The van der Waals surface area contributed by atoms with E-state index in [2.05, 4.69) is 20.5 Å². The zero-order chi connectivity index (χ0) is 15.4. The van der Waals surface area contributed by atoms with Crippen molar-refractivity contribution in [2.45, 2.75) is 12.5 Å². The maximum absolute atomic E-state index is 12.2. The molecule has 120 valence electrons. The molecule has 1 unspecified atom stereocenters. The van der Waals surface area contributed by atoms with Gasteiger partial charge in [-0.1, -0.05) is 0 Å². The maximum atomic E-state index is 12.2. The van der Waals surface area contributed by atoms with Crippen LogP contribution in [0, 0.1) is 0 Å². The number of methoxy groups -OCH3 is 1. The van der Waals surface area contributed by atoms with Crippen LogP contribution in [-0.4, -0.2) is 63.4 Å². The lowest BCUT2D eigenvalue weighted by Crippen LogP contribution is -2.43. The van der Waals surface area contributed by atoms with Gasteiger partial charge in [-0.3, -0.25) is 4.79 Å². The van der Waals surface area contributed by atoms with E-state index >= 15 is 0 Å². The highest BCUT2D eigenvalue weighted by Crippen LogP contribution is 2.28. The first-order valence-corrected chi connectivity index (χ1v) is 7.66. The molecule has 2 N–H and O–H groups in total. The molecule has 2 fully saturated rings. The summed E-state index contributed by atoms with van der Waals surface area (Å²) in [4.78, 5) is 18.8. The summed E-state index contributed by atoms with van der Waals surface area (Å²) < 4.78 is 10.7. The number of nitrogens with zero attached hydrogens (tertiary/aromatic N) is 2. The number of hydrogen-bond donors (Lipinski definition) is 2. The van der Waals surface area contributed by atoms with Crippen LogP contribution in [0.2, 0.25) is 0 Å². The first-order valence-electron chi connectivity index (χ1n) is 7.66. The molecular formula is C15H22N4O3. The number of amides is 1. The van der Waals surface area contributed by atoms with E-state index in [4.69, 9.17) is 9.47 Å². The maximum Gasteiger partial charge on any atom is 0.270 e. The molecule has 3 heterocycles. The van der Waals surface area contributed by atoms with Crippen LogP contribution in [0.1, 0.15) is 16.9 Å². The third-order valence-corrected chi connectivity index (χ3v) is 4.02. The van der Waals surface area contributed by atoms with Crippen LogP contribution < -0.4 is 20.3 Å². The second-order valence-corrected chi connectivity index (χ2v) is 5.51. The van der Waals surface area contributed by atoms with Crippen molar-refractivity contribution in [1.82, 2.24) is 15.6 Å². The SMILES string of the molecule is COc1cc(C(=O)NC2CCOC2)ncc1N1CCNCC1. The van der Waals surface area contributed by atoms with Crippen LogP contribution in [0.3, 0.4) is 0 Å². The highest BCUT2D eigenvalue weighted by atomic mass is 16.5. The van der Waals surface area contributed by atoms with E-state index in [0.717, 1.165) is 38.3 Å². The molecule has 0 aliphatic carbocycles. The molecule has 0 saturated carbocycles. The van der Waals surface area contributed by atoms with Gasteiger partial charge < -0.3 is 25.0 Å². The number of carbonyl (C=O) groups excluding carboxylic acids is 1. The van der Waals surface area contributed by atoms with E-state index in [1.165, 1.54) is 0 Å². The average Bonchev–Trinajstić information content (AvgIpc) is 3.08. The Balaban J connectivity index is 1.73. The molecule has 1 amide bonds. The van der Waals surface area contributed by atoms with Gasteiger partial charge in [0, 0.05) is 38.9 Å². The standard InChI is InChI=1S/C15H22N4O3/c1-21-14-8-12(15(20)18-11-2-7-22-10-11)17-9-13(14)19-5-3-16-4-6-19/h8-9,11,16H,2-7,10H2,1H3,(H,18,20). The molecule has 7 nitrogen and oxygen atoms in total. The molecule has 7 heteroatoms. The van der Waals surface area contributed by atoms with Crippen LogP contribution in [0.5, 0.6) is 5.75 Å². The quantitative estimate of drug-likeness (QED) is 0.817. The van der Waals surface area contributed by atoms with E-state index in [9.17, 15) is 4.79 Å². The zero-order valence-electron chi connectivity index (χ0n) is 12.8. The van der Waals surface area contributed by atoms with Gasteiger partial charge in [0.2, 0.25) is 0 Å². The van der Waals surface area contributed by atoms with Gasteiger partial charge >= 0.3 is 0 Å². The molecule has 1 aromatic heterocycles. The lowest BCUT2D eigenvalue weighted by atomic mass is 10.2. The highest BCUT2D eigenvalue weighted by molar-refractivity contribution is 5.93. The Morgan fingerprint density at radius 3 is 3.00 bits per heavy atom. The van der Waals surface area contributed by atoms with Crippen molar-refractivity contribution in [1.29, 1.82) is 0 Å². The average molecular weight is 306 g/mol. The van der Waals surface area contributed by atoms with Crippen LogP contribution in [0.4, 0.5) is 5.69 Å². The number of ether oxygens (including phenoxy) is 2. The Bertz CT molecular complexity index is 526. The van der Waals surface area contributed by atoms with Crippen LogP contribution >= 0.6 is 0 Å². The lowest BCUT2D eigenvalue weighted by Gasteiger charge is -2.30. The molecular weight excluding hydrogens is 284 g/mol. The molecule has 3 rings (SSSR count). The van der Waals surface area contributed by atoms with Crippen molar-refractivity contribution in [3.05, 3.63) is 18.0 Å². The summed E-state index contributed by atoms with van der Waals surface area (Å²) in [7, 11) is 1.62. The predicted molar refractivity (Wildman–Crippen MR) is 82.6 cm³/mol. The summed E-state index contributed by atoms with van der Waals surface area (Å²) >= 11 is 0. The van der Waals surface area contributed by atoms with Crippen molar-refractivity contribution >= 4 is 11.6 Å². The normalized spacial score (nSPS) is 21.7. The molecule has 1 atom stereocenters. The second-order valence-electron chi connectivity index (χ2n) is 5.51. The summed E-state index contributed by atoms with van der Waals surface area (Å²) in [6.45, 7) is 4.96. The fourth-order valence-electron chi connectivity index (χ4n) is 2.77. The van der Waals surface area contributed by atoms with Gasteiger partial charge in [-0.2, -0.15) is 0 Å². The molecule has 0 radical (unpaired) electrons. The minimum Gasteiger partial charge on any atom is -0.494 e. The van der Waals surface area contributed by atoms with Crippen LogP contribution in [0.25, 0.3) is 0 Å². The number of nitrogens with one attached hydrogen (secondary N) is 2. The Hall–Kier alpha value is -1.86. The fraction of sp³-hybridized carbons (Fsp3) is 0.600. The van der Waals surface area contributed by atoms with E-state index in [0.29, 0.717) is 24.7 Å². The lowest BCUT2D eigenvalue weighted by molar-refractivity contribution is 0.0924. The zero-order valence-corrected chi connectivity index (χ0v) is 12.8. The van der Waals surface area contributed by atoms with Gasteiger partial charge in [-0.05, 0) is 6.42 Å². The topological polar surface area (TPSA) is 75.7 Å². The first-order chi connectivity index (χ1) is 10.8. The summed E-state index contributed by atoms with van der Waals surface area (Å²) in [6, 6.07) is 1.79. The summed E-state index contributed by atoms with van der Waals surface area (Å²) in [5.74, 6) is 0.505. The molecule has 0 bridgehead atoms. The number of pyridine rings is 1. The molecule has 0 aromatic carbocycles. The van der Waals surface area contributed by atoms with Crippen molar-refractivity contribution in [2.75, 3.05) is 51.4 Å². The van der Waals surface area contributed by atoms with E-state index in [-0.39, 0.29) is 11.9 Å². The Morgan fingerprint density at radius 1 is 1.50 bits per heavy atom. The van der Waals surface area contributed by atoms with Gasteiger partial charge in [0.25, 0.3) is 5.91 Å². The smallest absolute Gasteiger partial charge is 0.270 e. The van der Waals surface area contributed by atoms with Gasteiger partial charge in [0.1, 0.15) is 11.4 Å². The molecule has 0 spiro atoms. The number of aromatic nitrogens is 1. The predicted octanol–water partition coefficient (Wildman–Crippen LogP) is 0.0185. The van der Waals surface area contributed by atoms with Gasteiger partial charge in [-0.25, -0.2) is 4.98 Å². The van der Waals surface area contributed by atoms with E-state index in [1.807, 2.05) is 0 Å². The minimum absolute atomic E-state index is 0.0770. The number of hydrogen-bond acceptors (Lipinski definition) is 6. The third kappa shape index (κ3) is 3.31. The van der Waals surface area contributed by atoms with Crippen LogP contribution in [0.15, 0.2) is 12.3 Å². The van der Waals surface area contributed by atoms with Crippen molar-refractivity contribution < 1.29 is 14.3 Å². The Morgan fingerprint density at radius 2 is 2.32 bits per heavy atom. The first kappa shape index (κ1) is 15.1. The molecule has 2 saturated heterocycles. The van der Waals surface area contributed by atoms with Crippen molar-refractivity contribution in [2.24, 2.45) is 0 Å². The van der Waals surface area contributed by atoms with Crippen LogP contribution in [-0.2, 0) is 4.74 Å². The van der Waals surface area contributed by atoms with Crippen molar-refractivity contribution in [3.63, 3.8) is 0 Å². The summed E-state index contributed by atoms with van der Waals surface area (Å²) in [5, 5.41) is 6.25. The molecule has 2 aliphatic rings. The molecule has 22 heavy (non-hydrogen) atoms. The van der Waals surface area contributed by atoms with Crippen molar-refractivity contribution in [3.8, 4) is 5.75 Å². The minimum atomic E-state index is -0.180. The third-order valence-electron chi connectivity index (χ3n) is 4.02.